The number of anilines is 1. The molecule has 0 spiro atoms. The minimum atomic E-state index is -3.12. The van der Waals surface area contributed by atoms with Gasteiger partial charge in [0.15, 0.2) is 0 Å². The molecule has 1 fully saturated rings. The third-order valence-electron chi connectivity index (χ3n) is 6.00. The van der Waals surface area contributed by atoms with E-state index in [4.69, 9.17) is 9.52 Å². The first kappa shape index (κ1) is 20.9. The van der Waals surface area contributed by atoms with Crippen LogP contribution >= 0.6 is 0 Å². The third kappa shape index (κ3) is 3.22. The first-order chi connectivity index (χ1) is 13.8. The number of nitrogens with one attached hydrogen (secondary N) is 1. The number of hydrogen-bond donors (Lipinski definition) is 2. The van der Waals surface area contributed by atoms with Crippen LogP contribution in [0.15, 0.2) is 23.1 Å². The average Bonchev–Trinajstić information content (AvgIpc) is 2.99. The van der Waals surface area contributed by atoms with Gasteiger partial charge in [0.05, 0.1) is 45.6 Å². The van der Waals surface area contributed by atoms with Crippen LogP contribution in [0.25, 0.3) is 11.3 Å². The molecule has 0 bridgehead atoms. The summed E-state index contributed by atoms with van der Waals surface area (Å²) in [5, 5.41) is 10.3. The number of benzene rings is 1. The number of β-amino-alcohol motifs (C(OH)–C–C–N with tert-alkyl or cyclic N) is 1. The van der Waals surface area contributed by atoms with Crippen molar-refractivity contribution >= 4 is 15.7 Å². The number of alkyl halides is 2. The van der Waals surface area contributed by atoms with Crippen molar-refractivity contribution < 1.29 is 22.8 Å². The summed E-state index contributed by atoms with van der Waals surface area (Å²) in [7, 11) is -1.70. The fourth-order valence-electron chi connectivity index (χ4n) is 3.99. The van der Waals surface area contributed by atoms with E-state index in [2.05, 4.69) is 9.97 Å². The second-order valence-corrected chi connectivity index (χ2v) is 10.4. The highest BCUT2D eigenvalue weighted by molar-refractivity contribution is 7.91. The largest absolute Gasteiger partial charge is 0.495 e. The topological polar surface area (TPSA) is 99.4 Å². The van der Waals surface area contributed by atoms with Crippen LogP contribution in [0, 0.1) is 4.78 Å². The zero-order chi connectivity index (χ0) is 22.1. The van der Waals surface area contributed by atoms with E-state index in [-0.39, 0.29) is 42.0 Å². The Morgan fingerprint density at radius 1 is 1.37 bits per heavy atom. The van der Waals surface area contributed by atoms with Crippen molar-refractivity contribution in [1.82, 2.24) is 9.97 Å². The molecular formula is C20H24F2N4O3S. The molecule has 2 aromatic rings. The predicted molar refractivity (Wildman–Crippen MR) is 109 cm³/mol. The zero-order valence-corrected chi connectivity index (χ0v) is 18.0. The Balaban J connectivity index is 1.91. The standard InChI is InChI=1S/C20H24F2N4O3S/c1-11-19(2,27)10-26(11)18-24-16(13-7-8-20(21,22)17(13)25-18)12-5-6-14(29-3)15(9-12)30(4,23)28/h5-6,9,11,23,27H,7-8,10H2,1-4H3/t11-,19+,30-/m0/s1. The van der Waals surface area contributed by atoms with Crippen LogP contribution in [-0.2, 0) is 22.1 Å². The fraction of sp³-hybridized carbons (Fsp3) is 0.500. The molecule has 1 aliphatic carbocycles. The number of nitrogens with zero attached hydrogens (tertiary/aromatic N) is 3. The van der Waals surface area contributed by atoms with Gasteiger partial charge in [0, 0.05) is 23.8 Å². The molecule has 7 nitrogen and oxygen atoms in total. The number of aliphatic hydroxyl groups is 1. The van der Waals surface area contributed by atoms with Crippen LogP contribution in [0.2, 0.25) is 0 Å². The number of ether oxygens (including phenoxy) is 1. The van der Waals surface area contributed by atoms with Gasteiger partial charge in [-0.2, -0.15) is 8.78 Å². The van der Waals surface area contributed by atoms with Crippen molar-refractivity contribution in [2.75, 3.05) is 24.8 Å². The Labute approximate surface area is 174 Å². The molecule has 0 radical (unpaired) electrons. The Morgan fingerprint density at radius 2 is 2.07 bits per heavy atom. The molecule has 1 saturated heterocycles. The highest BCUT2D eigenvalue weighted by Crippen LogP contribution is 2.46. The molecule has 30 heavy (non-hydrogen) atoms. The number of rotatable bonds is 4. The molecule has 0 unspecified atom stereocenters. The SMILES string of the molecule is COc1ccc(-c2nc(N3C[C@@](C)(O)[C@@H]3C)nc3c2CCC3(F)F)cc1[S@@](C)(=N)=O. The highest BCUT2D eigenvalue weighted by atomic mass is 32.2. The minimum Gasteiger partial charge on any atom is -0.495 e. The zero-order valence-electron chi connectivity index (χ0n) is 17.2. The molecule has 1 aromatic carbocycles. The second kappa shape index (κ2) is 6.58. The summed E-state index contributed by atoms with van der Waals surface area (Å²) in [6.45, 7) is 3.70. The second-order valence-electron chi connectivity index (χ2n) is 8.27. The Bertz CT molecular complexity index is 1140. The maximum atomic E-state index is 14.6. The van der Waals surface area contributed by atoms with Crippen molar-refractivity contribution in [3.63, 3.8) is 0 Å². The Kier molecular flexibility index (Phi) is 4.59. The van der Waals surface area contributed by atoms with Crippen molar-refractivity contribution in [3.8, 4) is 17.0 Å². The summed E-state index contributed by atoms with van der Waals surface area (Å²) < 4.78 is 54.8. The van der Waals surface area contributed by atoms with Crippen molar-refractivity contribution in [3.05, 3.63) is 29.5 Å². The lowest BCUT2D eigenvalue weighted by atomic mass is 9.87. The molecule has 10 heteroatoms. The normalized spacial score (nSPS) is 26.6. The smallest absolute Gasteiger partial charge is 0.290 e. The lowest BCUT2D eigenvalue weighted by Gasteiger charge is -2.51. The monoisotopic (exact) mass is 438 g/mol. The van der Waals surface area contributed by atoms with Gasteiger partial charge >= 0.3 is 0 Å². The summed E-state index contributed by atoms with van der Waals surface area (Å²) in [4.78, 5) is 10.6. The fourth-order valence-corrected chi connectivity index (χ4v) is 4.88. The van der Waals surface area contributed by atoms with E-state index in [0.29, 0.717) is 22.6 Å². The van der Waals surface area contributed by atoms with Gasteiger partial charge in [-0.15, -0.1) is 0 Å². The van der Waals surface area contributed by atoms with E-state index >= 15 is 0 Å². The van der Waals surface area contributed by atoms with E-state index in [1.54, 1.807) is 30.9 Å². The van der Waals surface area contributed by atoms with E-state index in [1.165, 1.54) is 19.4 Å². The number of fused-ring (bicyclic) bond motifs is 1. The first-order valence-corrected chi connectivity index (χ1v) is 11.5. The highest BCUT2D eigenvalue weighted by Gasteiger charge is 2.48. The molecule has 1 aromatic heterocycles. The molecule has 0 saturated carbocycles. The maximum absolute atomic E-state index is 14.6. The van der Waals surface area contributed by atoms with Crippen LogP contribution in [0.5, 0.6) is 5.75 Å². The van der Waals surface area contributed by atoms with Crippen LogP contribution in [0.4, 0.5) is 14.7 Å². The van der Waals surface area contributed by atoms with Gasteiger partial charge in [-0.3, -0.25) is 0 Å². The van der Waals surface area contributed by atoms with Gasteiger partial charge in [0.2, 0.25) is 5.95 Å². The summed E-state index contributed by atoms with van der Waals surface area (Å²) in [5.41, 5.74) is -0.0881. The molecule has 1 aliphatic heterocycles. The predicted octanol–water partition coefficient (Wildman–Crippen LogP) is 3.19. The molecule has 4 rings (SSSR count). The Hall–Kier alpha value is -2.33. The maximum Gasteiger partial charge on any atom is 0.290 e. The molecule has 2 aliphatic rings. The summed E-state index contributed by atoms with van der Waals surface area (Å²) >= 11 is 0. The van der Waals surface area contributed by atoms with Gasteiger partial charge in [-0.1, -0.05) is 0 Å². The van der Waals surface area contributed by atoms with E-state index in [1.807, 2.05) is 0 Å². The minimum absolute atomic E-state index is 0.120. The quantitative estimate of drug-likeness (QED) is 0.761. The molecule has 162 valence electrons. The molecular weight excluding hydrogens is 414 g/mol. The van der Waals surface area contributed by atoms with E-state index < -0.39 is 21.3 Å². The van der Waals surface area contributed by atoms with Crippen LogP contribution in [-0.4, -0.2) is 50.8 Å². The molecule has 2 heterocycles. The van der Waals surface area contributed by atoms with E-state index in [0.717, 1.165) is 0 Å². The van der Waals surface area contributed by atoms with Gasteiger partial charge in [0.25, 0.3) is 5.92 Å². The van der Waals surface area contributed by atoms with E-state index in [9.17, 15) is 18.1 Å². The average molecular weight is 439 g/mol. The van der Waals surface area contributed by atoms with Crippen molar-refractivity contribution in [2.45, 2.75) is 49.2 Å². The number of hydrogen-bond acceptors (Lipinski definition) is 7. The number of aromatic nitrogens is 2. The summed E-state index contributed by atoms with van der Waals surface area (Å²) in [6.07, 6.45) is 1.05. The van der Waals surface area contributed by atoms with Crippen molar-refractivity contribution in [2.24, 2.45) is 0 Å². The summed E-state index contributed by atoms with van der Waals surface area (Å²) in [5.74, 6) is -2.64. The number of methoxy groups -OCH3 is 1. The first-order valence-electron chi connectivity index (χ1n) is 9.55. The van der Waals surface area contributed by atoms with Crippen molar-refractivity contribution in [1.29, 1.82) is 4.78 Å². The Morgan fingerprint density at radius 3 is 2.63 bits per heavy atom. The van der Waals surface area contributed by atoms with Gasteiger partial charge in [-0.25, -0.2) is 19.0 Å². The molecule has 2 N–H and O–H groups in total. The van der Waals surface area contributed by atoms with Crippen LogP contribution in [0.1, 0.15) is 31.5 Å². The van der Waals surface area contributed by atoms with Gasteiger partial charge in [-0.05, 0) is 38.5 Å². The summed E-state index contributed by atoms with van der Waals surface area (Å²) in [6, 6.07) is 4.42. The lowest BCUT2D eigenvalue weighted by Crippen LogP contribution is -2.67. The molecule has 3 atom stereocenters. The number of halogens is 2. The lowest BCUT2D eigenvalue weighted by molar-refractivity contribution is -0.0113. The van der Waals surface area contributed by atoms with Crippen LogP contribution < -0.4 is 9.64 Å². The van der Waals surface area contributed by atoms with Gasteiger partial charge < -0.3 is 14.7 Å². The third-order valence-corrected chi connectivity index (χ3v) is 7.16. The van der Waals surface area contributed by atoms with Gasteiger partial charge in [0.1, 0.15) is 11.4 Å². The van der Waals surface area contributed by atoms with Crippen LogP contribution in [0.3, 0.4) is 0 Å². The molecule has 0 amide bonds.